The Hall–Kier alpha value is -4.54. The number of fused-ring (bicyclic) bond motifs is 2. The van der Waals surface area contributed by atoms with Crippen molar-refractivity contribution in [1.82, 2.24) is 29.7 Å². The van der Waals surface area contributed by atoms with Gasteiger partial charge in [0.1, 0.15) is 17.2 Å². The number of benzene rings is 1. The summed E-state index contributed by atoms with van der Waals surface area (Å²) in [6.45, 7) is 3.12. The van der Waals surface area contributed by atoms with Crippen LogP contribution in [0, 0.1) is 5.41 Å². The molecule has 1 aromatic carbocycles. The Morgan fingerprint density at radius 1 is 0.907 bits per heavy atom. The van der Waals surface area contributed by atoms with Gasteiger partial charge in [-0.05, 0) is 61.8 Å². The van der Waals surface area contributed by atoms with E-state index < -0.39 is 0 Å². The molecule has 0 N–H and O–H groups in total. The fourth-order valence-electron chi connectivity index (χ4n) is 5.99. The van der Waals surface area contributed by atoms with E-state index in [0.717, 1.165) is 25.7 Å². The highest BCUT2D eigenvalue weighted by atomic mass is 16.5. The molecule has 0 unspecified atom stereocenters. The van der Waals surface area contributed by atoms with Crippen LogP contribution < -0.4 is 9.47 Å². The van der Waals surface area contributed by atoms with Gasteiger partial charge in [0.05, 0.1) is 31.7 Å². The molecule has 2 aliphatic rings. The number of amides is 3. The number of rotatable bonds is 3. The van der Waals surface area contributed by atoms with Crippen molar-refractivity contribution in [3.8, 4) is 11.5 Å². The maximum absolute atomic E-state index is 13.5. The van der Waals surface area contributed by atoms with Gasteiger partial charge >= 0.3 is 0 Å². The van der Waals surface area contributed by atoms with Crippen molar-refractivity contribution in [1.29, 1.82) is 0 Å². The molecule has 226 valence electrons. The van der Waals surface area contributed by atoms with Crippen LogP contribution in [0.25, 0.3) is 0 Å². The normalized spacial score (nSPS) is 17.9. The Kier molecular flexibility index (Phi) is 9.48. The number of piperidine rings is 1. The number of carbonyl (C=O) groups is 3. The third-order valence-corrected chi connectivity index (χ3v) is 8.35. The fourth-order valence-corrected chi connectivity index (χ4v) is 5.99. The summed E-state index contributed by atoms with van der Waals surface area (Å²) in [7, 11) is 3.38. The lowest BCUT2D eigenvalue weighted by molar-refractivity contribution is 0.0383. The first-order valence-corrected chi connectivity index (χ1v) is 14.7. The molecule has 3 amide bonds. The molecule has 11 heteroatoms. The first-order valence-electron chi connectivity index (χ1n) is 14.7. The van der Waals surface area contributed by atoms with Crippen molar-refractivity contribution in [3.05, 3.63) is 78.1 Å². The quantitative estimate of drug-likeness (QED) is 0.457. The number of aromatic nitrogens is 3. The summed E-state index contributed by atoms with van der Waals surface area (Å²) in [6, 6.07) is 8.95. The van der Waals surface area contributed by atoms with Gasteiger partial charge in [-0.3, -0.25) is 24.4 Å². The van der Waals surface area contributed by atoms with Gasteiger partial charge in [0, 0.05) is 63.9 Å². The molecule has 43 heavy (non-hydrogen) atoms. The molecule has 2 bridgehead atoms. The average Bonchev–Trinajstić information content (AvgIpc) is 3.05. The van der Waals surface area contributed by atoms with E-state index in [-0.39, 0.29) is 23.1 Å². The molecule has 0 aliphatic carbocycles. The Labute approximate surface area is 251 Å². The SMILES string of the molecule is COc1cncc(C(=O)N2CCC3(CCCN(C(=O)c4cnccn4)CCCOc4cccc(c4)C(=O)N(C)C3)CC2)c1. The monoisotopic (exact) mass is 586 g/mol. The highest BCUT2D eigenvalue weighted by molar-refractivity contribution is 5.95. The van der Waals surface area contributed by atoms with Crippen LogP contribution in [0.2, 0.25) is 0 Å². The van der Waals surface area contributed by atoms with Crippen molar-refractivity contribution in [2.75, 3.05) is 53.5 Å². The fraction of sp³-hybridized carbons (Fsp3) is 0.438. The predicted octanol–water partition coefficient (Wildman–Crippen LogP) is 3.58. The minimum Gasteiger partial charge on any atom is -0.495 e. The summed E-state index contributed by atoms with van der Waals surface area (Å²) >= 11 is 0. The topological polar surface area (TPSA) is 118 Å². The lowest BCUT2D eigenvalue weighted by Gasteiger charge is -2.44. The number of carbonyl (C=O) groups excluding carboxylic acids is 3. The Balaban J connectivity index is 1.36. The summed E-state index contributed by atoms with van der Waals surface area (Å²) in [6.07, 6.45) is 11.3. The van der Waals surface area contributed by atoms with Gasteiger partial charge < -0.3 is 24.2 Å². The second-order valence-corrected chi connectivity index (χ2v) is 11.3. The predicted molar refractivity (Wildman–Crippen MR) is 159 cm³/mol. The van der Waals surface area contributed by atoms with Gasteiger partial charge in [0.25, 0.3) is 17.7 Å². The first-order chi connectivity index (χ1) is 20.9. The van der Waals surface area contributed by atoms with E-state index in [0.29, 0.717) is 74.1 Å². The van der Waals surface area contributed by atoms with Gasteiger partial charge in [-0.2, -0.15) is 0 Å². The standard InChI is InChI=1S/C32H38N6O5/c1-36-23-32(9-15-38(16-10-32)30(40)25-19-27(42-2)21-34-20-25)8-4-13-37(31(41)28-22-33-11-12-35-28)14-5-17-43-26-7-3-6-24(18-26)29(36)39/h3,6-7,11-12,18-22H,4-5,8-10,13-17,23H2,1-2H3. The molecule has 5 rings (SSSR count). The van der Waals surface area contributed by atoms with Gasteiger partial charge in [-0.25, -0.2) is 4.98 Å². The summed E-state index contributed by atoms with van der Waals surface area (Å²) in [5.41, 5.74) is 1.16. The average molecular weight is 587 g/mol. The van der Waals surface area contributed by atoms with Crippen LogP contribution in [0.15, 0.2) is 61.3 Å². The number of ether oxygens (including phenoxy) is 2. The molecule has 1 spiro atoms. The molecule has 4 heterocycles. The number of hydrogen-bond donors (Lipinski definition) is 0. The smallest absolute Gasteiger partial charge is 0.274 e. The van der Waals surface area contributed by atoms with Crippen LogP contribution in [0.1, 0.15) is 63.3 Å². The zero-order valence-electron chi connectivity index (χ0n) is 24.8. The van der Waals surface area contributed by atoms with Crippen LogP contribution in [-0.4, -0.2) is 101 Å². The number of methoxy groups -OCH3 is 1. The van der Waals surface area contributed by atoms with Crippen molar-refractivity contribution >= 4 is 17.7 Å². The largest absolute Gasteiger partial charge is 0.495 e. The van der Waals surface area contributed by atoms with Crippen LogP contribution in [0.4, 0.5) is 0 Å². The second-order valence-electron chi connectivity index (χ2n) is 11.3. The van der Waals surface area contributed by atoms with Crippen molar-refractivity contribution in [2.24, 2.45) is 5.41 Å². The van der Waals surface area contributed by atoms with E-state index in [4.69, 9.17) is 9.47 Å². The first kappa shape index (κ1) is 29.9. The molecule has 0 radical (unpaired) electrons. The third-order valence-electron chi connectivity index (χ3n) is 8.35. The summed E-state index contributed by atoms with van der Waals surface area (Å²) < 4.78 is 11.2. The minimum absolute atomic E-state index is 0.0693. The van der Waals surface area contributed by atoms with E-state index in [1.807, 2.05) is 29.0 Å². The molecule has 11 nitrogen and oxygen atoms in total. The molecule has 1 fully saturated rings. The maximum atomic E-state index is 13.5. The summed E-state index contributed by atoms with van der Waals surface area (Å²) in [5, 5.41) is 0. The van der Waals surface area contributed by atoms with Crippen LogP contribution >= 0.6 is 0 Å². The van der Waals surface area contributed by atoms with Crippen LogP contribution in [0.3, 0.4) is 0 Å². The van der Waals surface area contributed by atoms with E-state index in [1.54, 1.807) is 48.8 Å². The maximum Gasteiger partial charge on any atom is 0.274 e. The zero-order valence-corrected chi connectivity index (χ0v) is 24.8. The molecule has 2 aromatic heterocycles. The number of nitrogens with zero attached hydrogens (tertiary/aromatic N) is 6. The highest BCUT2D eigenvalue weighted by Gasteiger charge is 2.38. The molecule has 0 saturated carbocycles. The van der Waals surface area contributed by atoms with Crippen LogP contribution in [-0.2, 0) is 0 Å². The number of pyridine rings is 1. The van der Waals surface area contributed by atoms with E-state index in [2.05, 4.69) is 15.0 Å². The van der Waals surface area contributed by atoms with Gasteiger partial charge in [-0.15, -0.1) is 0 Å². The Morgan fingerprint density at radius 3 is 2.47 bits per heavy atom. The van der Waals surface area contributed by atoms with Crippen molar-refractivity contribution in [2.45, 2.75) is 32.1 Å². The molecule has 2 aliphatic heterocycles. The zero-order chi connectivity index (χ0) is 30.2. The third kappa shape index (κ3) is 7.28. The highest BCUT2D eigenvalue weighted by Crippen LogP contribution is 2.38. The molecular weight excluding hydrogens is 548 g/mol. The molecule has 0 atom stereocenters. The van der Waals surface area contributed by atoms with E-state index in [1.165, 1.54) is 12.4 Å². The lowest BCUT2D eigenvalue weighted by atomic mass is 9.74. The molecular formula is C32H38N6O5. The number of hydrogen-bond acceptors (Lipinski definition) is 8. The second kappa shape index (κ2) is 13.6. The van der Waals surface area contributed by atoms with Crippen molar-refractivity contribution < 1.29 is 23.9 Å². The Bertz CT molecular complexity index is 1430. The lowest BCUT2D eigenvalue weighted by Crippen LogP contribution is -2.48. The summed E-state index contributed by atoms with van der Waals surface area (Å²) in [5.74, 6) is 0.847. The Morgan fingerprint density at radius 2 is 1.70 bits per heavy atom. The van der Waals surface area contributed by atoms with Gasteiger partial charge in [0.15, 0.2) is 0 Å². The van der Waals surface area contributed by atoms with Gasteiger partial charge in [0.2, 0.25) is 0 Å². The summed E-state index contributed by atoms with van der Waals surface area (Å²) in [4.78, 5) is 58.1. The number of likely N-dealkylation sites (tertiary alicyclic amines) is 1. The molecule has 1 saturated heterocycles. The van der Waals surface area contributed by atoms with Crippen molar-refractivity contribution in [3.63, 3.8) is 0 Å². The van der Waals surface area contributed by atoms with Crippen LogP contribution in [0.5, 0.6) is 11.5 Å². The minimum atomic E-state index is -0.219. The van der Waals surface area contributed by atoms with Gasteiger partial charge in [-0.1, -0.05) is 6.07 Å². The molecule has 3 aromatic rings. The van der Waals surface area contributed by atoms with E-state index in [9.17, 15) is 14.4 Å². The van der Waals surface area contributed by atoms with E-state index >= 15 is 0 Å².